The zero-order valence-corrected chi connectivity index (χ0v) is 22.6. The van der Waals surface area contributed by atoms with E-state index in [9.17, 15) is 4.79 Å². The van der Waals surface area contributed by atoms with Crippen molar-refractivity contribution in [3.63, 3.8) is 0 Å². The Labute approximate surface area is 215 Å². The molecule has 2 fully saturated rings. The molecule has 1 aliphatic heterocycles. The number of aliphatic imine (C=N–C) groups is 1. The molecule has 1 saturated heterocycles. The molecule has 1 saturated carbocycles. The van der Waals surface area contributed by atoms with Crippen LogP contribution in [0.4, 0.5) is 0 Å². The van der Waals surface area contributed by atoms with Crippen molar-refractivity contribution >= 4 is 35.8 Å². The Kier molecular flexibility index (Phi) is 11.7. The number of amides is 1. The molecule has 1 amide bonds. The van der Waals surface area contributed by atoms with E-state index in [0.29, 0.717) is 25.7 Å². The second kappa shape index (κ2) is 14.0. The van der Waals surface area contributed by atoms with Gasteiger partial charge in [-0.15, -0.1) is 24.0 Å². The SMILES string of the molecule is CN=C(NCc1ccccc1OCCN1CCOCC1)NCC1(C(=O)N(C)C)CCCC1.I. The second-order valence-corrected chi connectivity index (χ2v) is 8.88. The van der Waals surface area contributed by atoms with E-state index < -0.39 is 0 Å². The van der Waals surface area contributed by atoms with Crippen LogP contribution < -0.4 is 15.4 Å². The van der Waals surface area contributed by atoms with Crippen LogP contribution in [-0.2, 0) is 16.1 Å². The Morgan fingerprint density at radius 3 is 2.55 bits per heavy atom. The Bertz CT molecular complexity index is 762. The first-order chi connectivity index (χ1) is 15.5. The molecule has 0 spiro atoms. The molecule has 3 rings (SSSR count). The normalized spacial score (nSPS) is 18.3. The first kappa shape index (κ1) is 27.7. The Hall–Kier alpha value is -1.59. The first-order valence-corrected chi connectivity index (χ1v) is 11.7. The number of ether oxygens (including phenoxy) is 2. The molecule has 2 aliphatic rings. The minimum absolute atomic E-state index is 0. The van der Waals surface area contributed by atoms with Crippen LogP contribution in [0.25, 0.3) is 0 Å². The average Bonchev–Trinajstić information content (AvgIpc) is 3.30. The molecule has 33 heavy (non-hydrogen) atoms. The van der Waals surface area contributed by atoms with Crippen molar-refractivity contribution in [1.82, 2.24) is 20.4 Å². The summed E-state index contributed by atoms with van der Waals surface area (Å²) >= 11 is 0. The summed E-state index contributed by atoms with van der Waals surface area (Å²) in [5.41, 5.74) is 0.749. The van der Waals surface area contributed by atoms with Crippen LogP contribution in [0.3, 0.4) is 0 Å². The van der Waals surface area contributed by atoms with Crippen molar-refractivity contribution in [2.75, 3.05) is 67.1 Å². The molecule has 9 heteroatoms. The minimum atomic E-state index is -0.332. The average molecular weight is 574 g/mol. The molecule has 8 nitrogen and oxygen atoms in total. The number of carbonyl (C=O) groups excluding carboxylic acids is 1. The molecule has 0 atom stereocenters. The highest BCUT2D eigenvalue weighted by Crippen LogP contribution is 2.38. The molecule has 0 bridgehead atoms. The number of para-hydroxylation sites is 1. The quantitative estimate of drug-likeness (QED) is 0.269. The van der Waals surface area contributed by atoms with E-state index >= 15 is 0 Å². The number of guanidine groups is 1. The van der Waals surface area contributed by atoms with Gasteiger partial charge in [-0.3, -0.25) is 14.7 Å². The summed E-state index contributed by atoms with van der Waals surface area (Å²) in [4.78, 5) is 21.2. The molecule has 1 heterocycles. The lowest BCUT2D eigenvalue weighted by Gasteiger charge is -2.31. The number of carbonyl (C=O) groups is 1. The van der Waals surface area contributed by atoms with Crippen LogP contribution in [0, 0.1) is 5.41 Å². The second-order valence-electron chi connectivity index (χ2n) is 8.88. The van der Waals surface area contributed by atoms with E-state index in [4.69, 9.17) is 9.47 Å². The van der Waals surface area contributed by atoms with E-state index in [2.05, 4.69) is 26.6 Å². The number of rotatable bonds is 9. The monoisotopic (exact) mass is 573 g/mol. The van der Waals surface area contributed by atoms with Gasteiger partial charge in [0.25, 0.3) is 0 Å². The zero-order chi connectivity index (χ0) is 22.8. The van der Waals surface area contributed by atoms with Gasteiger partial charge >= 0.3 is 0 Å². The van der Waals surface area contributed by atoms with Crippen molar-refractivity contribution in [3.8, 4) is 5.75 Å². The predicted octanol–water partition coefficient (Wildman–Crippen LogP) is 2.33. The number of nitrogens with one attached hydrogen (secondary N) is 2. The molecule has 1 aliphatic carbocycles. The summed E-state index contributed by atoms with van der Waals surface area (Å²) < 4.78 is 11.5. The highest BCUT2D eigenvalue weighted by Gasteiger charge is 2.42. The molecular formula is C24H40IN5O3. The van der Waals surface area contributed by atoms with Gasteiger partial charge in [-0.1, -0.05) is 31.0 Å². The maximum absolute atomic E-state index is 12.8. The van der Waals surface area contributed by atoms with Crippen molar-refractivity contribution in [2.45, 2.75) is 32.2 Å². The number of halogens is 1. The molecule has 0 unspecified atom stereocenters. The van der Waals surface area contributed by atoms with Crippen molar-refractivity contribution in [3.05, 3.63) is 29.8 Å². The number of benzene rings is 1. The summed E-state index contributed by atoms with van der Waals surface area (Å²) in [6.07, 6.45) is 4.05. The fourth-order valence-corrected chi connectivity index (χ4v) is 4.55. The standard InChI is InChI=1S/C24H39N5O3.HI/c1-25-23(27-19-24(10-6-7-11-24)22(30)28(2)3)26-18-20-8-4-5-9-21(20)32-17-14-29-12-15-31-16-13-29;/h4-5,8-9H,6-7,10-19H2,1-3H3,(H2,25,26,27);1H. The highest BCUT2D eigenvalue weighted by molar-refractivity contribution is 14.0. The third kappa shape index (κ3) is 7.99. The van der Waals surface area contributed by atoms with Crippen LogP contribution in [0.1, 0.15) is 31.2 Å². The van der Waals surface area contributed by atoms with E-state index in [1.807, 2.05) is 32.3 Å². The minimum Gasteiger partial charge on any atom is -0.492 e. The van der Waals surface area contributed by atoms with Gasteiger partial charge in [-0.05, 0) is 18.9 Å². The van der Waals surface area contributed by atoms with Crippen LogP contribution in [-0.4, -0.2) is 88.8 Å². The van der Waals surface area contributed by atoms with Gasteiger partial charge < -0.3 is 25.0 Å². The first-order valence-electron chi connectivity index (χ1n) is 11.7. The maximum Gasteiger partial charge on any atom is 0.230 e. The lowest BCUT2D eigenvalue weighted by atomic mass is 9.84. The molecule has 1 aromatic rings. The summed E-state index contributed by atoms with van der Waals surface area (Å²) in [6, 6.07) is 8.09. The van der Waals surface area contributed by atoms with Gasteiger partial charge in [0.05, 0.1) is 18.6 Å². The van der Waals surface area contributed by atoms with Gasteiger partial charge in [0, 0.05) is 59.4 Å². The zero-order valence-electron chi connectivity index (χ0n) is 20.3. The largest absolute Gasteiger partial charge is 0.492 e. The molecule has 0 aromatic heterocycles. The molecule has 1 aromatic carbocycles. The fraction of sp³-hybridized carbons (Fsp3) is 0.667. The van der Waals surface area contributed by atoms with Crippen LogP contribution in [0.5, 0.6) is 5.75 Å². The van der Waals surface area contributed by atoms with Crippen molar-refractivity contribution < 1.29 is 14.3 Å². The predicted molar refractivity (Wildman–Crippen MR) is 142 cm³/mol. The van der Waals surface area contributed by atoms with E-state index in [1.165, 1.54) is 0 Å². The Morgan fingerprint density at radius 1 is 1.18 bits per heavy atom. The van der Waals surface area contributed by atoms with Crippen LogP contribution >= 0.6 is 24.0 Å². The van der Waals surface area contributed by atoms with E-state index in [1.54, 1.807) is 11.9 Å². The van der Waals surface area contributed by atoms with Gasteiger partial charge in [0.2, 0.25) is 5.91 Å². The Balaban J connectivity index is 0.00000385. The van der Waals surface area contributed by atoms with Crippen molar-refractivity contribution in [1.29, 1.82) is 0 Å². The molecule has 2 N–H and O–H groups in total. The Morgan fingerprint density at radius 2 is 1.88 bits per heavy atom. The summed E-state index contributed by atoms with van der Waals surface area (Å²) in [5, 5.41) is 6.78. The maximum atomic E-state index is 12.8. The number of nitrogens with zero attached hydrogens (tertiary/aromatic N) is 3. The smallest absolute Gasteiger partial charge is 0.230 e. The van der Waals surface area contributed by atoms with Crippen LogP contribution in [0.15, 0.2) is 29.3 Å². The van der Waals surface area contributed by atoms with E-state index in [-0.39, 0.29) is 35.3 Å². The fourth-order valence-electron chi connectivity index (χ4n) is 4.55. The van der Waals surface area contributed by atoms with E-state index in [0.717, 1.165) is 69.8 Å². The van der Waals surface area contributed by atoms with Crippen molar-refractivity contribution in [2.24, 2.45) is 10.4 Å². The topological polar surface area (TPSA) is 78.4 Å². The number of morpholine rings is 1. The van der Waals surface area contributed by atoms with Gasteiger partial charge in [0.15, 0.2) is 5.96 Å². The summed E-state index contributed by atoms with van der Waals surface area (Å²) in [6.45, 7) is 6.28. The number of hydrogen-bond donors (Lipinski definition) is 2. The highest BCUT2D eigenvalue weighted by atomic mass is 127. The van der Waals surface area contributed by atoms with Gasteiger partial charge in [-0.25, -0.2) is 0 Å². The third-order valence-electron chi connectivity index (χ3n) is 6.43. The van der Waals surface area contributed by atoms with Crippen LogP contribution in [0.2, 0.25) is 0 Å². The molecule has 186 valence electrons. The summed E-state index contributed by atoms with van der Waals surface area (Å²) in [7, 11) is 5.44. The third-order valence-corrected chi connectivity index (χ3v) is 6.43. The summed E-state index contributed by atoms with van der Waals surface area (Å²) in [5.74, 6) is 1.79. The van der Waals surface area contributed by atoms with Gasteiger partial charge in [0.1, 0.15) is 12.4 Å². The lowest BCUT2D eigenvalue weighted by molar-refractivity contribution is -0.138. The van der Waals surface area contributed by atoms with Gasteiger partial charge in [-0.2, -0.15) is 0 Å². The molecule has 0 radical (unpaired) electrons. The lowest BCUT2D eigenvalue weighted by Crippen LogP contribution is -2.49. The number of hydrogen-bond acceptors (Lipinski definition) is 5. The molecular weight excluding hydrogens is 533 g/mol.